The molecule has 1 amide bonds. The summed E-state index contributed by atoms with van der Waals surface area (Å²) in [7, 11) is -4.72. The van der Waals surface area contributed by atoms with Gasteiger partial charge in [-0.2, -0.15) is 0 Å². The van der Waals surface area contributed by atoms with Crippen molar-refractivity contribution in [3.63, 3.8) is 0 Å². The highest BCUT2D eigenvalue weighted by Crippen LogP contribution is 2.31. The molecule has 3 aromatic rings. The topological polar surface area (TPSA) is 100 Å². The van der Waals surface area contributed by atoms with Crippen molar-refractivity contribution in [3.05, 3.63) is 70.3 Å². The van der Waals surface area contributed by atoms with E-state index in [2.05, 4.69) is 22.0 Å². The molecule has 2 aromatic carbocycles. The number of rotatable bonds is 7. The fourth-order valence-electron chi connectivity index (χ4n) is 3.75. The van der Waals surface area contributed by atoms with Crippen LogP contribution in [-0.2, 0) is 16.6 Å². The molecule has 0 spiro atoms. The van der Waals surface area contributed by atoms with Crippen LogP contribution in [0.3, 0.4) is 0 Å². The Morgan fingerprint density at radius 1 is 1.33 bits per heavy atom. The molecule has 174 valence electrons. The molecule has 1 fully saturated rings. The van der Waals surface area contributed by atoms with Gasteiger partial charge in [-0.3, -0.25) is 4.90 Å². The zero-order valence-corrected chi connectivity index (χ0v) is 19.4. The number of hydrogen-bond acceptors (Lipinski definition) is 7. The first-order chi connectivity index (χ1) is 15.8. The Balaban J connectivity index is 1.51. The van der Waals surface area contributed by atoms with Crippen molar-refractivity contribution in [2.24, 2.45) is 0 Å². The van der Waals surface area contributed by atoms with Gasteiger partial charge in [0.15, 0.2) is 5.82 Å². The number of aromatic nitrogens is 1. The first-order valence-corrected chi connectivity index (χ1v) is 12.5. The third-order valence-electron chi connectivity index (χ3n) is 5.32. The summed E-state index contributed by atoms with van der Waals surface area (Å²) < 4.78 is 46.9. The predicted octanol–water partition coefficient (Wildman–Crippen LogP) is 4.12. The maximum absolute atomic E-state index is 14.9. The minimum Gasteiger partial charge on any atom is -0.489 e. The van der Waals surface area contributed by atoms with Gasteiger partial charge in [-0.15, -0.1) is 15.6 Å². The minimum absolute atomic E-state index is 0.0698. The van der Waals surface area contributed by atoms with Crippen LogP contribution in [0.1, 0.15) is 17.5 Å². The van der Waals surface area contributed by atoms with Gasteiger partial charge in [-0.05, 0) is 30.5 Å². The molecule has 1 N–H and O–H groups in total. The molecular formula is C22H22FN3O5S2. The number of carbonyl (C=O) groups is 1. The summed E-state index contributed by atoms with van der Waals surface area (Å²) in [5, 5.41) is 10.7. The predicted molar refractivity (Wildman–Crippen MR) is 122 cm³/mol. The van der Waals surface area contributed by atoms with Crippen LogP contribution in [0.4, 0.5) is 15.0 Å². The average molecular weight is 492 g/mol. The summed E-state index contributed by atoms with van der Waals surface area (Å²) in [6.07, 6.45) is -1.19. The number of likely N-dealkylation sites (tertiary alicyclic amines) is 1. The average Bonchev–Trinajstić information content (AvgIpc) is 3.43. The molecule has 1 aliphatic heterocycles. The lowest BCUT2D eigenvalue weighted by Crippen LogP contribution is -2.36. The van der Waals surface area contributed by atoms with Crippen molar-refractivity contribution >= 4 is 33.3 Å². The zero-order chi connectivity index (χ0) is 23.6. The molecule has 1 aliphatic rings. The van der Waals surface area contributed by atoms with Crippen LogP contribution in [0.25, 0.3) is 0 Å². The van der Waals surface area contributed by atoms with E-state index < -0.39 is 26.8 Å². The number of carboxylic acid groups (broad SMARTS) is 1. The van der Waals surface area contributed by atoms with E-state index in [4.69, 9.17) is 4.74 Å². The van der Waals surface area contributed by atoms with E-state index in [1.165, 1.54) is 16.5 Å². The molecule has 33 heavy (non-hydrogen) atoms. The highest BCUT2D eigenvalue weighted by Gasteiger charge is 2.35. The van der Waals surface area contributed by atoms with Crippen molar-refractivity contribution in [2.45, 2.75) is 30.9 Å². The molecule has 1 atom stereocenters. The first kappa shape index (κ1) is 23.1. The lowest BCUT2D eigenvalue weighted by molar-refractivity contribution is 0.196. The Morgan fingerprint density at radius 2 is 2.09 bits per heavy atom. The first-order valence-electron chi connectivity index (χ1n) is 10.1. The normalized spacial score (nSPS) is 16.6. The minimum atomic E-state index is -4.72. The fourth-order valence-corrected chi connectivity index (χ4v) is 5.71. The number of ether oxygens (including phenoxy) is 1. The number of aryl methyl sites for hydroxylation is 1. The third-order valence-corrected chi connectivity index (χ3v) is 7.59. The number of sulfonamides is 1. The second kappa shape index (κ2) is 9.46. The molecule has 0 aliphatic carbocycles. The largest absolute Gasteiger partial charge is 0.489 e. The van der Waals surface area contributed by atoms with Crippen molar-refractivity contribution < 1.29 is 27.4 Å². The van der Waals surface area contributed by atoms with E-state index in [1.807, 2.05) is 18.2 Å². The van der Waals surface area contributed by atoms with Crippen molar-refractivity contribution in [1.82, 2.24) is 9.88 Å². The molecular weight excluding hydrogens is 469 g/mol. The third kappa shape index (κ3) is 5.00. The number of amides is 1. The second-order valence-electron chi connectivity index (χ2n) is 7.70. The maximum Gasteiger partial charge on any atom is 0.427 e. The monoisotopic (exact) mass is 491 g/mol. The van der Waals surface area contributed by atoms with Gasteiger partial charge < -0.3 is 9.84 Å². The highest BCUT2D eigenvalue weighted by molar-refractivity contribution is 7.93. The molecule has 1 unspecified atom stereocenters. The van der Waals surface area contributed by atoms with Crippen LogP contribution in [0, 0.1) is 12.7 Å². The smallest absolute Gasteiger partial charge is 0.427 e. The Labute approximate surface area is 194 Å². The molecule has 1 saturated heterocycles. The van der Waals surface area contributed by atoms with Crippen LogP contribution in [0.2, 0.25) is 0 Å². The molecule has 0 saturated carbocycles. The van der Waals surface area contributed by atoms with Crippen LogP contribution in [0.15, 0.2) is 58.3 Å². The van der Waals surface area contributed by atoms with Crippen LogP contribution < -0.4 is 9.04 Å². The summed E-state index contributed by atoms with van der Waals surface area (Å²) in [4.78, 5) is 16.9. The Morgan fingerprint density at radius 3 is 2.76 bits per heavy atom. The van der Waals surface area contributed by atoms with E-state index in [0.29, 0.717) is 12.1 Å². The lowest BCUT2D eigenvalue weighted by atomic mass is 10.2. The van der Waals surface area contributed by atoms with Crippen LogP contribution in [0.5, 0.6) is 5.75 Å². The second-order valence-corrected chi connectivity index (χ2v) is 10.2. The Bertz CT molecular complexity index is 1240. The number of thiazole rings is 1. The van der Waals surface area contributed by atoms with Gasteiger partial charge in [-0.25, -0.2) is 22.6 Å². The van der Waals surface area contributed by atoms with E-state index in [1.54, 1.807) is 6.92 Å². The molecule has 1 aromatic heterocycles. The summed E-state index contributed by atoms with van der Waals surface area (Å²) in [6.45, 7) is 3.87. The van der Waals surface area contributed by atoms with Crippen molar-refractivity contribution in [1.29, 1.82) is 0 Å². The van der Waals surface area contributed by atoms with E-state index >= 15 is 0 Å². The highest BCUT2D eigenvalue weighted by atomic mass is 32.2. The summed E-state index contributed by atoms with van der Waals surface area (Å²) in [5.41, 5.74) is 2.88. The van der Waals surface area contributed by atoms with Gasteiger partial charge in [0.2, 0.25) is 0 Å². The molecule has 2 heterocycles. The van der Waals surface area contributed by atoms with E-state index in [0.717, 1.165) is 43.0 Å². The molecule has 0 radical (unpaired) electrons. The van der Waals surface area contributed by atoms with Crippen LogP contribution in [-0.4, -0.2) is 48.7 Å². The van der Waals surface area contributed by atoms with Gasteiger partial charge in [0.25, 0.3) is 10.0 Å². The maximum atomic E-state index is 14.9. The zero-order valence-electron chi connectivity index (χ0n) is 17.7. The molecule has 8 nitrogen and oxygen atoms in total. The fraction of sp³-hybridized carbons (Fsp3) is 0.273. The van der Waals surface area contributed by atoms with Gasteiger partial charge >= 0.3 is 6.09 Å². The van der Waals surface area contributed by atoms with Gasteiger partial charge in [0.05, 0.1) is 5.51 Å². The molecule has 4 rings (SSSR count). The number of benzene rings is 2. The van der Waals surface area contributed by atoms with Crippen molar-refractivity contribution in [3.8, 4) is 5.75 Å². The standard InChI is InChI=1S/C22H22FN3O5S2/c1-15-9-20(33(29,30)26(22(27)28)21-13-32-14-24-21)18(23)10-19(15)31-17-7-8-25(12-17)11-16-5-3-2-4-6-16/h2-6,9-10,13-14,17H,7-8,11-12H2,1H3,(H,27,28). The summed E-state index contributed by atoms with van der Waals surface area (Å²) >= 11 is 1.03. The van der Waals surface area contributed by atoms with Gasteiger partial charge in [0, 0.05) is 31.1 Å². The van der Waals surface area contributed by atoms with Gasteiger partial charge in [-0.1, -0.05) is 30.3 Å². The molecule has 11 heteroatoms. The summed E-state index contributed by atoms with van der Waals surface area (Å²) in [6, 6.07) is 12.1. The van der Waals surface area contributed by atoms with Gasteiger partial charge in [0.1, 0.15) is 22.6 Å². The van der Waals surface area contributed by atoms with E-state index in [9.17, 15) is 22.7 Å². The number of anilines is 1. The number of halogens is 1. The Kier molecular flexibility index (Phi) is 6.63. The lowest BCUT2D eigenvalue weighted by Gasteiger charge is -2.20. The summed E-state index contributed by atoms with van der Waals surface area (Å²) in [5.74, 6) is -1.17. The van der Waals surface area contributed by atoms with Crippen molar-refractivity contribution in [2.75, 3.05) is 17.4 Å². The Hall–Kier alpha value is -3.02. The SMILES string of the molecule is Cc1cc(S(=O)(=O)N(C(=O)O)c2cscn2)c(F)cc1OC1CCN(Cc2ccccc2)C1. The van der Waals surface area contributed by atoms with E-state index in [-0.39, 0.29) is 22.0 Å². The quantitative estimate of drug-likeness (QED) is 0.531. The molecule has 0 bridgehead atoms. The number of nitrogens with zero attached hydrogens (tertiary/aromatic N) is 3. The number of hydrogen-bond donors (Lipinski definition) is 1. The van der Waals surface area contributed by atoms with Crippen LogP contribution >= 0.6 is 11.3 Å².